The van der Waals surface area contributed by atoms with E-state index < -0.39 is 0 Å². The van der Waals surface area contributed by atoms with Crippen molar-refractivity contribution in [3.63, 3.8) is 0 Å². The zero-order valence-electron chi connectivity index (χ0n) is 10.5. The summed E-state index contributed by atoms with van der Waals surface area (Å²) in [7, 11) is 0. The normalized spacial score (nSPS) is 10.8. The van der Waals surface area contributed by atoms with Crippen molar-refractivity contribution in [2.75, 3.05) is 5.32 Å². The monoisotopic (exact) mass is 332 g/mol. The van der Waals surface area contributed by atoms with Crippen molar-refractivity contribution in [1.29, 1.82) is 0 Å². The van der Waals surface area contributed by atoms with Crippen molar-refractivity contribution in [1.82, 2.24) is 4.98 Å². The molecule has 0 saturated carbocycles. The van der Waals surface area contributed by atoms with Gasteiger partial charge in [0, 0.05) is 11.0 Å². The molecule has 2 aromatic carbocycles. The Morgan fingerprint density at radius 2 is 1.95 bits per heavy atom. The first kappa shape index (κ1) is 12.6. The molecule has 0 fully saturated rings. The molecule has 96 valence electrons. The van der Waals surface area contributed by atoms with Crippen LogP contribution in [-0.2, 0) is 6.54 Å². The van der Waals surface area contributed by atoms with Gasteiger partial charge in [-0.05, 0) is 42.3 Å². The third-order valence-corrected chi connectivity index (χ3v) is 4.42. The lowest BCUT2D eigenvalue weighted by Gasteiger charge is -2.02. The molecule has 4 heteroatoms. The molecule has 0 radical (unpaired) electrons. The number of fused-ring (bicyclic) bond motifs is 1. The summed E-state index contributed by atoms with van der Waals surface area (Å²) in [4.78, 5) is 4.60. The predicted octanol–water partition coefficient (Wildman–Crippen LogP) is 4.98. The third-order valence-electron chi connectivity index (χ3n) is 2.90. The Hall–Kier alpha value is -1.39. The molecule has 0 unspecified atom stereocenters. The number of hydrogen-bond donors (Lipinski definition) is 1. The topological polar surface area (TPSA) is 24.9 Å². The summed E-state index contributed by atoms with van der Waals surface area (Å²) in [5.74, 6) is 0. The van der Waals surface area contributed by atoms with Crippen molar-refractivity contribution in [3.8, 4) is 0 Å². The van der Waals surface area contributed by atoms with E-state index in [1.807, 2.05) is 0 Å². The summed E-state index contributed by atoms with van der Waals surface area (Å²) >= 11 is 5.14. The SMILES string of the molecule is Cc1ccc2sc(NCc3ccc(Br)cc3)nc2c1. The summed E-state index contributed by atoms with van der Waals surface area (Å²) in [5, 5.41) is 4.36. The Morgan fingerprint density at radius 1 is 1.16 bits per heavy atom. The Balaban J connectivity index is 1.76. The van der Waals surface area contributed by atoms with E-state index >= 15 is 0 Å². The quantitative estimate of drug-likeness (QED) is 0.731. The smallest absolute Gasteiger partial charge is 0.184 e. The molecular weight excluding hydrogens is 320 g/mol. The van der Waals surface area contributed by atoms with Gasteiger partial charge in [-0.25, -0.2) is 4.98 Å². The second-order valence-electron chi connectivity index (χ2n) is 4.47. The first-order chi connectivity index (χ1) is 9.20. The van der Waals surface area contributed by atoms with E-state index in [-0.39, 0.29) is 0 Å². The van der Waals surface area contributed by atoms with E-state index in [0.717, 1.165) is 21.7 Å². The van der Waals surface area contributed by atoms with E-state index in [4.69, 9.17) is 0 Å². The van der Waals surface area contributed by atoms with Crippen molar-refractivity contribution in [2.24, 2.45) is 0 Å². The van der Waals surface area contributed by atoms with Gasteiger partial charge < -0.3 is 5.32 Å². The van der Waals surface area contributed by atoms with Crippen LogP contribution in [0.2, 0.25) is 0 Å². The number of rotatable bonds is 3. The highest BCUT2D eigenvalue weighted by molar-refractivity contribution is 9.10. The minimum absolute atomic E-state index is 0.798. The third kappa shape index (κ3) is 2.96. The van der Waals surface area contributed by atoms with Gasteiger partial charge in [0.05, 0.1) is 10.2 Å². The Labute approximate surface area is 124 Å². The molecular formula is C15H13BrN2S. The van der Waals surface area contributed by atoms with E-state index in [1.165, 1.54) is 15.8 Å². The first-order valence-corrected chi connectivity index (χ1v) is 7.67. The van der Waals surface area contributed by atoms with E-state index in [0.29, 0.717) is 0 Å². The fourth-order valence-electron chi connectivity index (χ4n) is 1.89. The van der Waals surface area contributed by atoms with Crippen LogP contribution < -0.4 is 5.32 Å². The minimum atomic E-state index is 0.798. The molecule has 0 aliphatic rings. The second kappa shape index (κ2) is 5.31. The van der Waals surface area contributed by atoms with Gasteiger partial charge in [0.2, 0.25) is 0 Å². The number of anilines is 1. The van der Waals surface area contributed by atoms with Crippen LogP contribution in [0.1, 0.15) is 11.1 Å². The maximum absolute atomic E-state index is 4.60. The molecule has 3 aromatic rings. The molecule has 0 saturated heterocycles. The fraction of sp³-hybridized carbons (Fsp3) is 0.133. The molecule has 0 amide bonds. The van der Waals surface area contributed by atoms with Crippen LogP contribution in [0.25, 0.3) is 10.2 Å². The van der Waals surface area contributed by atoms with Gasteiger partial charge in [0.15, 0.2) is 5.13 Å². The van der Waals surface area contributed by atoms with Crippen LogP contribution in [0.5, 0.6) is 0 Å². The van der Waals surface area contributed by atoms with Crippen molar-refractivity contribution in [2.45, 2.75) is 13.5 Å². The molecule has 2 nitrogen and oxygen atoms in total. The highest BCUT2D eigenvalue weighted by Crippen LogP contribution is 2.26. The summed E-state index contributed by atoms with van der Waals surface area (Å²) in [6.45, 7) is 2.89. The van der Waals surface area contributed by atoms with Crippen LogP contribution in [0, 0.1) is 6.92 Å². The number of nitrogens with zero attached hydrogens (tertiary/aromatic N) is 1. The minimum Gasteiger partial charge on any atom is -0.357 e. The lowest BCUT2D eigenvalue weighted by molar-refractivity contribution is 1.14. The van der Waals surface area contributed by atoms with Crippen LogP contribution in [0.4, 0.5) is 5.13 Å². The number of nitrogens with one attached hydrogen (secondary N) is 1. The Morgan fingerprint density at radius 3 is 2.74 bits per heavy atom. The number of halogens is 1. The molecule has 3 rings (SSSR count). The Bertz CT molecular complexity index is 704. The summed E-state index contributed by atoms with van der Waals surface area (Å²) in [5.41, 5.74) is 3.57. The Kier molecular flexibility index (Phi) is 3.53. The molecule has 0 spiro atoms. The standard InChI is InChI=1S/C15H13BrN2S/c1-10-2-7-14-13(8-10)18-15(19-14)17-9-11-3-5-12(16)6-4-11/h2-8H,9H2,1H3,(H,17,18). The van der Waals surface area contributed by atoms with Gasteiger partial charge in [0.1, 0.15) is 0 Å². The molecule has 0 aliphatic carbocycles. The van der Waals surface area contributed by atoms with Crippen LogP contribution in [0.15, 0.2) is 46.9 Å². The van der Waals surface area contributed by atoms with Crippen molar-refractivity contribution >= 4 is 42.6 Å². The summed E-state index contributed by atoms with van der Waals surface area (Å²) in [6, 6.07) is 14.7. The lowest BCUT2D eigenvalue weighted by Crippen LogP contribution is -1.98. The van der Waals surface area contributed by atoms with Gasteiger partial charge in [-0.1, -0.05) is 45.5 Å². The average molecular weight is 333 g/mol. The number of thiazole rings is 1. The summed E-state index contributed by atoms with van der Waals surface area (Å²) in [6.07, 6.45) is 0. The van der Waals surface area contributed by atoms with Gasteiger partial charge >= 0.3 is 0 Å². The maximum Gasteiger partial charge on any atom is 0.184 e. The fourth-order valence-corrected chi connectivity index (χ4v) is 3.00. The van der Waals surface area contributed by atoms with Crippen molar-refractivity contribution < 1.29 is 0 Å². The predicted molar refractivity (Wildman–Crippen MR) is 85.8 cm³/mol. The van der Waals surface area contributed by atoms with E-state index in [1.54, 1.807) is 11.3 Å². The number of hydrogen-bond acceptors (Lipinski definition) is 3. The number of aryl methyl sites for hydroxylation is 1. The summed E-state index contributed by atoms with van der Waals surface area (Å²) < 4.78 is 2.33. The van der Waals surface area contributed by atoms with Gasteiger partial charge in [0.25, 0.3) is 0 Å². The molecule has 0 atom stereocenters. The van der Waals surface area contributed by atoms with Crippen LogP contribution in [0.3, 0.4) is 0 Å². The maximum atomic E-state index is 4.60. The average Bonchev–Trinajstić information content (AvgIpc) is 2.80. The molecule has 0 bridgehead atoms. The molecule has 19 heavy (non-hydrogen) atoms. The lowest BCUT2D eigenvalue weighted by atomic mass is 10.2. The molecule has 1 aromatic heterocycles. The zero-order valence-corrected chi connectivity index (χ0v) is 12.9. The largest absolute Gasteiger partial charge is 0.357 e. The van der Waals surface area contributed by atoms with Crippen LogP contribution >= 0.6 is 27.3 Å². The van der Waals surface area contributed by atoms with Crippen molar-refractivity contribution in [3.05, 3.63) is 58.1 Å². The highest BCUT2D eigenvalue weighted by Gasteiger charge is 2.03. The first-order valence-electron chi connectivity index (χ1n) is 6.06. The second-order valence-corrected chi connectivity index (χ2v) is 6.42. The van der Waals surface area contributed by atoms with Gasteiger partial charge in [-0.2, -0.15) is 0 Å². The highest BCUT2D eigenvalue weighted by atomic mass is 79.9. The van der Waals surface area contributed by atoms with E-state index in [9.17, 15) is 0 Å². The zero-order chi connectivity index (χ0) is 13.2. The number of benzene rings is 2. The molecule has 0 aliphatic heterocycles. The molecule has 1 N–H and O–H groups in total. The number of aromatic nitrogens is 1. The van der Waals surface area contributed by atoms with E-state index in [2.05, 4.69) is 75.6 Å². The molecule has 1 heterocycles. The van der Waals surface area contributed by atoms with Crippen LogP contribution in [-0.4, -0.2) is 4.98 Å². The van der Waals surface area contributed by atoms with Gasteiger partial charge in [-0.3, -0.25) is 0 Å². The van der Waals surface area contributed by atoms with Gasteiger partial charge in [-0.15, -0.1) is 0 Å².